The van der Waals surface area contributed by atoms with Crippen molar-refractivity contribution in [3.05, 3.63) is 71.5 Å². The van der Waals surface area contributed by atoms with Gasteiger partial charge in [0.1, 0.15) is 0 Å². The maximum atomic E-state index is 13.6. The van der Waals surface area contributed by atoms with Crippen molar-refractivity contribution >= 4 is 11.9 Å². The number of aromatic nitrogens is 2. The van der Waals surface area contributed by atoms with Gasteiger partial charge in [-0.05, 0) is 66.6 Å². The van der Waals surface area contributed by atoms with Crippen molar-refractivity contribution in [2.24, 2.45) is 0 Å². The molecule has 6 nitrogen and oxygen atoms in total. The first-order valence-electron chi connectivity index (χ1n) is 16.7. The van der Waals surface area contributed by atoms with Crippen LogP contribution in [0.3, 0.4) is 0 Å². The summed E-state index contributed by atoms with van der Waals surface area (Å²) in [7, 11) is 0. The molecule has 1 aromatic heterocycles. The van der Waals surface area contributed by atoms with Gasteiger partial charge in [0.25, 0.3) is 0 Å². The summed E-state index contributed by atoms with van der Waals surface area (Å²) in [5.41, 5.74) is 2.50. The van der Waals surface area contributed by atoms with E-state index < -0.39 is 24.2 Å². The Hall–Kier alpha value is -3.75. The lowest BCUT2D eigenvalue weighted by atomic mass is 9.96. The number of nitrogens with zero attached hydrogens (tertiary/aromatic N) is 2. The molecule has 0 saturated heterocycles. The SMILES string of the molecule is CCCCCCCCCc1cnc(-c2ccc(C(=O)O)c(-c3ccc(C(=O)OC(CCCCCCCC)C(F)(F)F)cc3)c2)nc1. The molecule has 0 amide bonds. The highest BCUT2D eigenvalue weighted by Crippen LogP contribution is 2.31. The van der Waals surface area contributed by atoms with Crippen LogP contribution in [0.25, 0.3) is 22.5 Å². The lowest BCUT2D eigenvalue weighted by Gasteiger charge is -2.21. The number of aryl methyl sites for hydroxylation is 1. The molecule has 1 N–H and O–H groups in total. The molecule has 250 valence electrons. The summed E-state index contributed by atoms with van der Waals surface area (Å²) >= 11 is 0. The van der Waals surface area contributed by atoms with Crippen LogP contribution in [-0.4, -0.2) is 39.3 Å². The molecule has 0 aliphatic carbocycles. The van der Waals surface area contributed by atoms with E-state index in [1.54, 1.807) is 24.5 Å². The van der Waals surface area contributed by atoms with Crippen molar-refractivity contribution in [3.63, 3.8) is 0 Å². The molecule has 0 aliphatic heterocycles. The number of esters is 1. The van der Waals surface area contributed by atoms with Crippen molar-refractivity contribution in [1.29, 1.82) is 0 Å². The van der Waals surface area contributed by atoms with Gasteiger partial charge in [0, 0.05) is 18.0 Å². The van der Waals surface area contributed by atoms with Gasteiger partial charge in [0.2, 0.25) is 0 Å². The zero-order valence-electron chi connectivity index (χ0n) is 27.1. The van der Waals surface area contributed by atoms with Crippen LogP contribution in [0.5, 0.6) is 0 Å². The topological polar surface area (TPSA) is 89.4 Å². The number of alkyl halides is 3. The lowest BCUT2D eigenvalue weighted by Crippen LogP contribution is -2.33. The van der Waals surface area contributed by atoms with E-state index in [1.807, 2.05) is 0 Å². The molecule has 2 aromatic carbocycles. The third-order valence-corrected chi connectivity index (χ3v) is 8.15. The molecular weight excluding hydrogens is 593 g/mol. The average Bonchev–Trinajstić information content (AvgIpc) is 3.05. The molecule has 46 heavy (non-hydrogen) atoms. The summed E-state index contributed by atoms with van der Waals surface area (Å²) in [6.07, 6.45) is 10.8. The third-order valence-electron chi connectivity index (χ3n) is 8.15. The number of rotatable bonds is 20. The van der Waals surface area contributed by atoms with E-state index in [9.17, 15) is 27.9 Å². The Balaban J connectivity index is 1.67. The fourth-order valence-corrected chi connectivity index (χ4v) is 5.41. The molecule has 0 bridgehead atoms. The minimum Gasteiger partial charge on any atom is -0.478 e. The summed E-state index contributed by atoms with van der Waals surface area (Å²) in [5.74, 6) is -1.76. The van der Waals surface area contributed by atoms with Crippen LogP contribution < -0.4 is 0 Å². The van der Waals surface area contributed by atoms with Gasteiger partial charge in [-0.3, -0.25) is 0 Å². The van der Waals surface area contributed by atoms with E-state index >= 15 is 0 Å². The van der Waals surface area contributed by atoms with E-state index in [-0.39, 0.29) is 17.5 Å². The highest BCUT2D eigenvalue weighted by Gasteiger charge is 2.42. The van der Waals surface area contributed by atoms with E-state index in [4.69, 9.17) is 4.74 Å². The Bertz CT molecular complexity index is 1360. The second kappa shape index (κ2) is 19.0. The average molecular weight is 641 g/mol. The highest BCUT2D eigenvalue weighted by molar-refractivity contribution is 5.97. The number of carbonyl (C=O) groups is 2. The minimum absolute atomic E-state index is 0.0331. The van der Waals surface area contributed by atoms with E-state index in [0.29, 0.717) is 35.4 Å². The normalized spacial score (nSPS) is 12.2. The first-order valence-corrected chi connectivity index (χ1v) is 16.7. The number of ether oxygens (including phenoxy) is 1. The molecule has 1 unspecified atom stereocenters. The highest BCUT2D eigenvalue weighted by atomic mass is 19.4. The zero-order valence-corrected chi connectivity index (χ0v) is 27.1. The van der Waals surface area contributed by atoms with Crippen molar-refractivity contribution in [2.75, 3.05) is 0 Å². The number of carboxylic acid groups (broad SMARTS) is 1. The Kier molecular flexibility index (Phi) is 15.2. The summed E-state index contributed by atoms with van der Waals surface area (Å²) in [4.78, 5) is 33.7. The minimum atomic E-state index is -4.66. The van der Waals surface area contributed by atoms with Crippen LogP contribution in [0.15, 0.2) is 54.9 Å². The Morgan fingerprint density at radius 1 is 0.761 bits per heavy atom. The van der Waals surface area contributed by atoms with Crippen LogP contribution in [0.1, 0.15) is 130 Å². The molecule has 0 saturated carbocycles. The molecule has 0 spiro atoms. The lowest BCUT2D eigenvalue weighted by molar-refractivity contribution is -0.206. The standard InChI is InChI=1S/C37H47F3N2O4/c1-3-5-7-9-11-12-14-16-27-25-41-34(42-26-27)30-22-23-31(35(43)44)32(24-30)28-18-20-29(21-19-28)36(45)46-33(37(38,39)40)17-15-13-10-8-6-4-2/h18-26,33H,3-17H2,1-2H3,(H,43,44). The molecule has 9 heteroatoms. The fraction of sp³-hybridized carbons (Fsp3) is 0.514. The van der Waals surface area contributed by atoms with Gasteiger partial charge in [0.15, 0.2) is 11.9 Å². The predicted molar refractivity (Wildman–Crippen MR) is 175 cm³/mol. The first kappa shape index (κ1) is 36.7. The van der Waals surface area contributed by atoms with Crippen LogP contribution in [0, 0.1) is 0 Å². The van der Waals surface area contributed by atoms with Gasteiger partial charge in [-0.1, -0.05) is 103 Å². The maximum Gasteiger partial charge on any atom is 0.425 e. The largest absolute Gasteiger partial charge is 0.478 e. The van der Waals surface area contributed by atoms with Gasteiger partial charge in [-0.15, -0.1) is 0 Å². The molecule has 3 rings (SSSR count). The number of carboxylic acids is 1. The summed E-state index contributed by atoms with van der Waals surface area (Å²) < 4.78 is 45.7. The molecule has 0 fully saturated rings. The van der Waals surface area contributed by atoms with Gasteiger partial charge in [-0.2, -0.15) is 13.2 Å². The Morgan fingerprint density at radius 2 is 1.30 bits per heavy atom. The smallest absolute Gasteiger partial charge is 0.425 e. The number of hydrogen-bond donors (Lipinski definition) is 1. The number of unbranched alkanes of at least 4 members (excludes halogenated alkanes) is 11. The fourth-order valence-electron chi connectivity index (χ4n) is 5.41. The van der Waals surface area contributed by atoms with Crippen LogP contribution in [0.4, 0.5) is 13.2 Å². The molecule has 1 heterocycles. The number of aromatic carboxylic acids is 1. The molecular formula is C37H47F3N2O4. The summed E-state index contributed by atoms with van der Waals surface area (Å²) in [5, 5.41) is 9.83. The van der Waals surface area contributed by atoms with Crippen molar-refractivity contribution in [3.8, 4) is 22.5 Å². The van der Waals surface area contributed by atoms with E-state index in [1.165, 1.54) is 68.9 Å². The van der Waals surface area contributed by atoms with E-state index in [0.717, 1.165) is 44.1 Å². The Morgan fingerprint density at radius 3 is 1.87 bits per heavy atom. The maximum absolute atomic E-state index is 13.6. The first-order chi connectivity index (χ1) is 22.1. The van der Waals surface area contributed by atoms with Gasteiger partial charge >= 0.3 is 18.1 Å². The number of hydrogen-bond acceptors (Lipinski definition) is 5. The van der Waals surface area contributed by atoms with Crippen LogP contribution >= 0.6 is 0 Å². The quantitative estimate of drug-likeness (QED) is 0.0976. The van der Waals surface area contributed by atoms with Crippen molar-refractivity contribution in [2.45, 2.75) is 122 Å². The number of carbonyl (C=O) groups excluding carboxylic acids is 1. The zero-order chi connectivity index (χ0) is 33.4. The van der Waals surface area contributed by atoms with Crippen molar-refractivity contribution in [1.82, 2.24) is 9.97 Å². The predicted octanol–water partition coefficient (Wildman–Crippen LogP) is 10.6. The molecule has 3 aromatic rings. The van der Waals surface area contributed by atoms with E-state index in [2.05, 4.69) is 23.8 Å². The number of halogens is 3. The molecule has 0 aliphatic rings. The third kappa shape index (κ3) is 11.9. The second-order valence-electron chi connectivity index (χ2n) is 11.9. The van der Waals surface area contributed by atoms with Gasteiger partial charge in [0.05, 0.1) is 11.1 Å². The second-order valence-corrected chi connectivity index (χ2v) is 11.9. The van der Waals surface area contributed by atoms with Crippen LogP contribution in [0.2, 0.25) is 0 Å². The van der Waals surface area contributed by atoms with Gasteiger partial charge < -0.3 is 9.84 Å². The monoisotopic (exact) mass is 640 g/mol. The number of benzene rings is 2. The Labute approximate surface area is 270 Å². The summed E-state index contributed by atoms with van der Waals surface area (Å²) in [6.45, 7) is 4.28. The van der Waals surface area contributed by atoms with Gasteiger partial charge in [-0.25, -0.2) is 19.6 Å². The summed E-state index contributed by atoms with van der Waals surface area (Å²) in [6, 6.07) is 10.5. The molecule has 0 radical (unpaired) electrons. The molecule has 1 atom stereocenters. The van der Waals surface area contributed by atoms with Crippen LogP contribution in [-0.2, 0) is 11.2 Å². The van der Waals surface area contributed by atoms with Crippen molar-refractivity contribution < 1.29 is 32.6 Å².